The summed E-state index contributed by atoms with van der Waals surface area (Å²) in [5.74, 6) is -0.143. The van der Waals surface area contributed by atoms with Crippen LogP contribution in [0.5, 0.6) is 0 Å². The summed E-state index contributed by atoms with van der Waals surface area (Å²) in [4.78, 5) is 14.4. The van der Waals surface area contributed by atoms with E-state index in [1.54, 1.807) is 6.92 Å². The van der Waals surface area contributed by atoms with Gasteiger partial charge in [0.25, 0.3) is 0 Å². The molecule has 25 heavy (non-hydrogen) atoms. The van der Waals surface area contributed by atoms with Gasteiger partial charge in [-0.2, -0.15) is 13.2 Å². The predicted molar refractivity (Wildman–Crippen MR) is 90.8 cm³/mol. The van der Waals surface area contributed by atoms with Crippen LogP contribution in [0.4, 0.5) is 13.2 Å². The van der Waals surface area contributed by atoms with Crippen LogP contribution in [0.1, 0.15) is 44.2 Å². The third-order valence-electron chi connectivity index (χ3n) is 4.58. The molecule has 1 heterocycles. The van der Waals surface area contributed by atoms with Gasteiger partial charge in [-0.3, -0.25) is 9.69 Å². The zero-order valence-electron chi connectivity index (χ0n) is 14.7. The van der Waals surface area contributed by atoms with Crippen LogP contribution < -0.4 is 11.1 Å². The molecule has 4 nitrogen and oxygen atoms in total. The fraction of sp³-hybridized carbons (Fsp3) is 0.611. The maximum Gasteiger partial charge on any atom is 0.416 e. The van der Waals surface area contributed by atoms with Crippen molar-refractivity contribution in [1.29, 1.82) is 0 Å². The largest absolute Gasteiger partial charge is 0.416 e. The van der Waals surface area contributed by atoms with Crippen LogP contribution in [-0.2, 0) is 17.5 Å². The maximum atomic E-state index is 12.6. The molecular formula is C18H26F3N3O. The van der Waals surface area contributed by atoms with Crippen molar-refractivity contribution in [2.45, 2.75) is 57.4 Å². The zero-order chi connectivity index (χ0) is 18.7. The Morgan fingerprint density at radius 3 is 2.52 bits per heavy atom. The second-order valence-corrected chi connectivity index (χ2v) is 7.06. The van der Waals surface area contributed by atoms with E-state index in [2.05, 4.69) is 10.2 Å². The Kier molecular flexibility index (Phi) is 6.11. The van der Waals surface area contributed by atoms with Crippen LogP contribution in [-0.4, -0.2) is 35.5 Å². The molecular weight excluding hydrogens is 331 g/mol. The van der Waals surface area contributed by atoms with Crippen LogP contribution in [0, 0.1) is 0 Å². The molecule has 1 aromatic carbocycles. The Hall–Kier alpha value is -1.60. The van der Waals surface area contributed by atoms with E-state index in [1.807, 2.05) is 6.92 Å². The summed E-state index contributed by atoms with van der Waals surface area (Å²) in [5, 5.41) is 2.99. The first-order valence-corrected chi connectivity index (χ1v) is 8.60. The molecule has 2 rings (SSSR count). The molecule has 3 N–H and O–H groups in total. The number of likely N-dealkylation sites (tertiary alicyclic amines) is 1. The molecule has 0 radical (unpaired) electrons. The van der Waals surface area contributed by atoms with Gasteiger partial charge in [-0.15, -0.1) is 0 Å². The lowest BCUT2D eigenvalue weighted by Crippen LogP contribution is -2.54. The highest BCUT2D eigenvalue weighted by Crippen LogP contribution is 2.29. The van der Waals surface area contributed by atoms with Gasteiger partial charge < -0.3 is 11.1 Å². The average Bonchev–Trinajstić information content (AvgIpc) is 2.94. The first-order chi connectivity index (χ1) is 11.6. The van der Waals surface area contributed by atoms with Gasteiger partial charge in [0, 0.05) is 25.7 Å². The number of nitrogens with two attached hydrogens (primary N) is 1. The molecule has 1 fully saturated rings. The molecule has 0 aliphatic carbocycles. The number of carbonyl (C=O) groups is 1. The van der Waals surface area contributed by atoms with Crippen LogP contribution in [0.25, 0.3) is 0 Å². The number of nitrogens with zero attached hydrogens (tertiary/aromatic N) is 1. The van der Waals surface area contributed by atoms with E-state index in [9.17, 15) is 18.0 Å². The first-order valence-electron chi connectivity index (χ1n) is 8.60. The van der Waals surface area contributed by atoms with Crippen molar-refractivity contribution >= 4 is 5.91 Å². The lowest BCUT2D eigenvalue weighted by atomic mass is 9.96. The second-order valence-electron chi connectivity index (χ2n) is 7.06. The first kappa shape index (κ1) is 19.7. The SMILES string of the molecule is CCCC(C)(N)C(=O)NC1CCN(Cc2ccc(C(F)(F)F)cc2)C1. The standard InChI is InChI=1S/C18H26F3N3O/c1-3-9-17(2,22)16(25)23-15-8-10-24(12-15)11-13-4-6-14(7-5-13)18(19,20)21/h4-7,15H,3,8-12,22H2,1-2H3,(H,23,25). The van der Waals surface area contributed by atoms with Crippen molar-refractivity contribution in [2.24, 2.45) is 5.73 Å². The molecule has 7 heteroatoms. The van der Waals surface area contributed by atoms with Crippen molar-refractivity contribution in [3.05, 3.63) is 35.4 Å². The van der Waals surface area contributed by atoms with E-state index in [0.29, 0.717) is 19.5 Å². The summed E-state index contributed by atoms with van der Waals surface area (Å²) in [5.41, 5.74) is 5.36. The summed E-state index contributed by atoms with van der Waals surface area (Å²) in [7, 11) is 0. The summed E-state index contributed by atoms with van der Waals surface area (Å²) < 4.78 is 37.8. The molecule has 1 aliphatic heterocycles. The van der Waals surface area contributed by atoms with E-state index in [0.717, 1.165) is 37.1 Å². The Labute approximate surface area is 146 Å². The van der Waals surface area contributed by atoms with E-state index in [4.69, 9.17) is 5.73 Å². The highest BCUT2D eigenvalue weighted by atomic mass is 19.4. The van der Waals surface area contributed by atoms with Gasteiger partial charge >= 0.3 is 6.18 Å². The van der Waals surface area contributed by atoms with Crippen molar-refractivity contribution in [3.8, 4) is 0 Å². The summed E-state index contributed by atoms with van der Waals surface area (Å²) >= 11 is 0. The molecule has 0 saturated carbocycles. The highest BCUT2D eigenvalue weighted by molar-refractivity contribution is 5.85. The number of carbonyl (C=O) groups excluding carboxylic acids is 1. The smallest absolute Gasteiger partial charge is 0.350 e. The van der Waals surface area contributed by atoms with Crippen molar-refractivity contribution in [2.75, 3.05) is 13.1 Å². The van der Waals surface area contributed by atoms with Gasteiger partial charge in [0.15, 0.2) is 0 Å². The molecule has 2 atom stereocenters. The third kappa shape index (κ3) is 5.44. The topological polar surface area (TPSA) is 58.4 Å². The quantitative estimate of drug-likeness (QED) is 0.823. The molecule has 2 unspecified atom stereocenters. The Morgan fingerprint density at radius 1 is 1.32 bits per heavy atom. The van der Waals surface area contributed by atoms with Gasteiger partial charge in [-0.25, -0.2) is 0 Å². The molecule has 140 valence electrons. The summed E-state index contributed by atoms with van der Waals surface area (Å²) in [6.45, 7) is 5.76. The monoisotopic (exact) mass is 357 g/mol. The van der Waals surface area contributed by atoms with Gasteiger partial charge in [-0.05, 0) is 37.5 Å². The van der Waals surface area contributed by atoms with Gasteiger partial charge in [0.1, 0.15) is 0 Å². The predicted octanol–water partition coefficient (Wildman–Crippen LogP) is 2.91. The van der Waals surface area contributed by atoms with Crippen LogP contribution >= 0.6 is 0 Å². The second kappa shape index (κ2) is 7.74. The normalized spacial score (nSPS) is 21.1. The lowest BCUT2D eigenvalue weighted by molar-refractivity contribution is -0.137. The van der Waals surface area contributed by atoms with Gasteiger partial charge in [0.05, 0.1) is 11.1 Å². The summed E-state index contributed by atoms with van der Waals surface area (Å²) in [6.07, 6.45) is -2.03. The lowest BCUT2D eigenvalue weighted by Gasteiger charge is -2.25. The highest BCUT2D eigenvalue weighted by Gasteiger charge is 2.32. The number of alkyl halides is 3. The number of amides is 1. The minimum atomic E-state index is -4.31. The molecule has 1 aliphatic rings. The molecule has 0 spiro atoms. The van der Waals surface area contributed by atoms with Crippen LogP contribution in [0.3, 0.4) is 0 Å². The van der Waals surface area contributed by atoms with Crippen molar-refractivity contribution < 1.29 is 18.0 Å². The Balaban J connectivity index is 1.86. The fourth-order valence-electron chi connectivity index (χ4n) is 3.13. The minimum absolute atomic E-state index is 0.0293. The van der Waals surface area contributed by atoms with Crippen molar-refractivity contribution in [1.82, 2.24) is 10.2 Å². The van der Waals surface area contributed by atoms with E-state index < -0.39 is 17.3 Å². The molecule has 0 aromatic heterocycles. The number of hydrogen-bond acceptors (Lipinski definition) is 3. The zero-order valence-corrected chi connectivity index (χ0v) is 14.7. The number of nitrogens with one attached hydrogen (secondary N) is 1. The van der Waals surface area contributed by atoms with Gasteiger partial charge in [-0.1, -0.05) is 25.5 Å². The molecule has 1 saturated heterocycles. The van der Waals surface area contributed by atoms with Crippen LogP contribution in [0.2, 0.25) is 0 Å². The molecule has 1 amide bonds. The van der Waals surface area contributed by atoms with Crippen LogP contribution in [0.15, 0.2) is 24.3 Å². The minimum Gasteiger partial charge on any atom is -0.350 e. The Morgan fingerprint density at radius 2 is 1.96 bits per heavy atom. The molecule has 1 aromatic rings. The van der Waals surface area contributed by atoms with E-state index in [-0.39, 0.29) is 11.9 Å². The van der Waals surface area contributed by atoms with Gasteiger partial charge in [0.2, 0.25) is 5.91 Å². The van der Waals surface area contributed by atoms with E-state index in [1.165, 1.54) is 12.1 Å². The third-order valence-corrected chi connectivity index (χ3v) is 4.58. The number of hydrogen-bond donors (Lipinski definition) is 2. The Bertz CT molecular complexity index is 584. The van der Waals surface area contributed by atoms with Crippen molar-refractivity contribution in [3.63, 3.8) is 0 Å². The fourth-order valence-corrected chi connectivity index (χ4v) is 3.13. The number of halogens is 3. The molecule has 0 bridgehead atoms. The van der Waals surface area contributed by atoms with E-state index >= 15 is 0 Å². The number of rotatable bonds is 6. The maximum absolute atomic E-state index is 12.6. The summed E-state index contributed by atoms with van der Waals surface area (Å²) in [6, 6.07) is 5.26. The average molecular weight is 357 g/mol. The number of benzene rings is 1.